The molecule has 5 heteroatoms. The van der Waals surface area contributed by atoms with E-state index in [1.807, 2.05) is 56.3 Å². The Bertz CT molecular complexity index is 1250. The standard InChI is InChI=1S/C25H23N3O2/c1-17-11-18(2)22-13-21(24(29)27-23(22)12-17)16-28(15-19-7-6-10-26-14-19)25(30)20-8-4-3-5-9-20/h3-14H,15-16H2,1-2H3,(H,27,29). The highest BCUT2D eigenvalue weighted by Gasteiger charge is 2.18. The number of carbonyl (C=O) groups is 1. The largest absolute Gasteiger partial charge is 0.330 e. The number of H-pyrrole nitrogens is 1. The summed E-state index contributed by atoms with van der Waals surface area (Å²) in [6.45, 7) is 4.61. The normalized spacial score (nSPS) is 10.9. The second-order valence-corrected chi connectivity index (χ2v) is 7.56. The van der Waals surface area contributed by atoms with Crippen molar-refractivity contribution in [2.75, 3.05) is 0 Å². The maximum Gasteiger partial charge on any atom is 0.254 e. The number of nitrogens with zero attached hydrogens (tertiary/aromatic N) is 2. The van der Waals surface area contributed by atoms with Crippen molar-refractivity contribution in [3.05, 3.63) is 111 Å². The number of aryl methyl sites for hydroxylation is 2. The minimum atomic E-state index is -0.176. The predicted octanol–water partition coefficient (Wildman–Crippen LogP) is 4.38. The van der Waals surface area contributed by atoms with Gasteiger partial charge in [0.2, 0.25) is 0 Å². The maximum absolute atomic E-state index is 13.2. The minimum absolute atomic E-state index is 0.125. The van der Waals surface area contributed by atoms with Gasteiger partial charge in [0.1, 0.15) is 0 Å². The highest BCUT2D eigenvalue weighted by Crippen LogP contribution is 2.20. The Hall–Kier alpha value is -3.73. The predicted molar refractivity (Wildman–Crippen MR) is 118 cm³/mol. The molecule has 0 atom stereocenters. The molecule has 0 aliphatic carbocycles. The lowest BCUT2D eigenvalue weighted by Crippen LogP contribution is -2.32. The zero-order valence-corrected chi connectivity index (χ0v) is 17.1. The van der Waals surface area contributed by atoms with Crippen molar-refractivity contribution in [1.82, 2.24) is 14.9 Å². The molecule has 2 heterocycles. The number of aromatic amines is 1. The van der Waals surface area contributed by atoms with Gasteiger partial charge in [0, 0.05) is 41.0 Å². The number of carbonyl (C=O) groups excluding carboxylic acids is 1. The third-order valence-electron chi connectivity index (χ3n) is 5.16. The summed E-state index contributed by atoms with van der Waals surface area (Å²) in [6, 6.07) is 18.9. The first-order chi connectivity index (χ1) is 14.5. The molecule has 0 radical (unpaired) electrons. The van der Waals surface area contributed by atoms with Gasteiger partial charge in [-0.05, 0) is 60.9 Å². The number of hydrogen-bond acceptors (Lipinski definition) is 3. The summed E-state index contributed by atoms with van der Waals surface area (Å²) in [5, 5.41) is 0.990. The molecular weight excluding hydrogens is 374 g/mol. The average molecular weight is 397 g/mol. The Kier molecular flexibility index (Phi) is 5.44. The Morgan fingerprint density at radius 3 is 2.53 bits per heavy atom. The second kappa shape index (κ2) is 8.33. The molecule has 2 aromatic carbocycles. The molecule has 5 nitrogen and oxygen atoms in total. The lowest BCUT2D eigenvalue weighted by Gasteiger charge is -2.23. The molecule has 0 aliphatic heterocycles. The van der Waals surface area contributed by atoms with Crippen molar-refractivity contribution >= 4 is 16.8 Å². The third kappa shape index (κ3) is 4.15. The first kappa shape index (κ1) is 19.6. The van der Waals surface area contributed by atoms with Gasteiger partial charge in [-0.2, -0.15) is 0 Å². The van der Waals surface area contributed by atoms with E-state index in [0.29, 0.717) is 17.7 Å². The van der Waals surface area contributed by atoms with E-state index in [4.69, 9.17) is 0 Å². The molecule has 4 aromatic rings. The van der Waals surface area contributed by atoms with Gasteiger partial charge in [0.05, 0.1) is 6.54 Å². The van der Waals surface area contributed by atoms with Gasteiger partial charge in [0.15, 0.2) is 0 Å². The highest BCUT2D eigenvalue weighted by molar-refractivity contribution is 5.94. The van der Waals surface area contributed by atoms with Gasteiger partial charge in [-0.15, -0.1) is 0 Å². The first-order valence-corrected chi connectivity index (χ1v) is 9.87. The van der Waals surface area contributed by atoms with Gasteiger partial charge >= 0.3 is 0 Å². The number of hydrogen-bond donors (Lipinski definition) is 1. The van der Waals surface area contributed by atoms with E-state index in [-0.39, 0.29) is 18.0 Å². The summed E-state index contributed by atoms with van der Waals surface area (Å²) >= 11 is 0. The molecule has 1 N–H and O–H groups in total. The van der Waals surface area contributed by atoms with Crippen LogP contribution in [0, 0.1) is 13.8 Å². The lowest BCUT2D eigenvalue weighted by atomic mass is 10.0. The molecule has 2 aromatic heterocycles. The Labute approximate surface area is 175 Å². The maximum atomic E-state index is 13.2. The third-order valence-corrected chi connectivity index (χ3v) is 5.16. The fourth-order valence-electron chi connectivity index (χ4n) is 3.71. The zero-order valence-electron chi connectivity index (χ0n) is 17.1. The average Bonchev–Trinajstić information content (AvgIpc) is 2.75. The van der Waals surface area contributed by atoms with Gasteiger partial charge < -0.3 is 9.88 Å². The highest BCUT2D eigenvalue weighted by atomic mass is 16.2. The molecule has 0 saturated heterocycles. The summed E-state index contributed by atoms with van der Waals surface area (Å²) in [5.74, 6) is -0.125. The van der Waals surface area contributed by atoms with Crippen LogP contribution in [-0.4, -0.2) is 20.8 Å². The summed E-state index contributed by atoms with van der Waals surface area (Å²) in [6.07, 6.45) is 3.44. The van der Waals surface area contributed by atoms with E-state index < -0.39 is 0 Å². The molecule has 150 valence electrons. The van der Waals surface area contributed by atoms with Crippen LogP contribution >= 0.6 is 0 Å². The molecule has 0 aliphatic rings. The Morgan fingerprint density at radius 2 is 1.80 bits per heavy atom. The summed E-state index contributed by atoms with van der Waals surface area (Å²) in [4.78, 5) is 34.8. The van der Waals surface area contributed by atoms with Crippen LogP contribution in [0.5, 0.6) is 0 Å². The van der Waals surface area contributed by atoms with Crippen molar-refractivity contribution < 1.29 is 4.79 Å². The van der Waals surface area contributed by atoms with Crippen LogP contribution in [0.2, 0.25) is 0 Å². The van der Waals surface area contributed by atoms with Crippen LogP contribution in [0.1, 0.15) is 32.6 Å². The number of benzene rings is 2. The number of fused-ring (bicyclic) bond motifs is 1. The topological polar surface area (TPSA) is 66.1 Å². The SMILES string of the molecule is Cc1cc(C)c2cc(CN(Cc3cccnc3)C(=O)c3ccccc3)c(=O)[nH]c2c1. The van der Waals surface area contributed by atoms with Crippen molar-refractivity contribution in [3.8, 4) is 0 Å². The summed E-state index contributed by atoms with van der Waals surface area (Å²) in [7, 11) is 0. The van der Waals surface area contributed by atoms with E-state index >= 15 is 0 Å². The molecule has 30 heavy (non-hydrogen) atoms. The van der Waals surface area contributed by atoms with Gasteiger partial charge in [0.25, 0.3) is 11.5 Å². The summed E-state index contributed by atoms with van der Waals surface area (Å²) < 4.78 is 0. The van der Waals surface area contributed by atoms with Crippen LogP contribution in [0.3, 0.4) is 0 Å². The lowest BCUT2D eigenvalue weighted by molar-refractivity contribution is 0.0729. The van der Waals surface area contributed by atoms with E-state index in [1.54, 1.807) is 29.4 Å². The van der Waals surface area contributed by atoms with Crippen molar-refractivity contribution in [2.24, 2.45) is 0 Å². The van der Waals surface area contributed by atoms with Crippen LogP contribution in [-0.2, 0) is 13.1 Å². The van der Waals surface area contributed by atoms with E-state index in [0.717, 1.165) is 27.6 Å². The molecular formula is C25H23N3O2. The number of rotatable bonds is 5. The first-order valence-electron chi connectivity index (χ1n) is 9.87. The van der Waals surface area contributed by atoms with E-state index in [9.17, 15) is 9.59 Å². The smallest absolute Gasteiger partial charge is 0.254 e. The van der Waals surface area contributed by atoms with Crippen LogP contribution < -0.4 is 5.56 Å². The summed E-state index contributed by atoms with van der Waals surface area (Å²) in [5.41, 5.74) is 4.88. The number of nitrogens with one attached hydrogen (secondary N) is 1. The van der Waals surface area contributed by atoms with Gasteiger partial charge in [-0.1, -0.05) is 30.3 Å². The molecule has 0 spiro atoms. The Morgan fingerprint density at radius 1 is 1.00 bits per heavy atom. The van der Waals surface area contributed by atoms with Crippen molar-refractivity contribution in [3.63, 3.8) is 0 Å². The van der Waals surface area contributed by atoms with Gasteiger partial charge in [-0.25, -0.2) is 0 Å². The van der Waals surface area contributed by atoms with Crippen LogP contribution in [0.25, 0.3) is 10.9 Å². The van der Waals surface area contributed by atoms with Crippen LogP contribution in [0.15, 0.2) is 77.9 Å². The molecule has 0 fully saturated rings. The number of amides is 1. The number of aromatic nitrogens is 2. The second-order valence-electron chi connectivity index (χ2n) is 7.56. The molecule has 0 unspecified atom stereocenters. The van der Waals surface area contributed by atoms with Gasteiger partial charge in [-0.3, -0.25) is 14.6 Å². The van der Waals surface area contributed by atoms with E-state index in [2.05, 4.69) is 16.0 Å². The molecule has 0 bridgehead atoms. The minimum Gasteiger partial charge on any atom is -0.330 e. The monoisotopic (exact) mass is 397 g/mol. The molecule has 0 saturated carbocycles. The molecule has 1 amide bonds. The van der Waals surface area contributed by atoms with Crippen molar-refractivity contribution in [1.29, 1.82) is 0 Å². The van der Waals surface area contributed by atoms with Crippen LogP contribution in [0.4, 0.5) is 0 Å². The zero-order chi connectivity index (χ0) is 21.1. The molecule has 4 rings (SSSR count). The fourth-order valence-corrected chi connectivity index (χ4v) is 3.71. The fraction of sp³-hybridized carbons (Fsp3) is 0.160. The van der Waals surface area contributed by atoms with E-state index in [1.165, 1.54) is 0 Å². The quantitative estimate of drug-likeness (QED) is 0.543. The number of pyridine rings is 2. The Balaban J connectivity index is 1.73. The van der Waals surface area contributed by atoms with Crippen molar-refractivity contribution in [2.45, 2.75) is 26.9 Å².